The number of nitrogens with one attached hydrogen (secondary N) is 1. The molecule has 4 rings (SSSR count). The molecule has 3 N–H and O–H groups in total. The molecule has 27 heavy (non-hydrogen) atoms. The van der Waals surface area contributed by atoms with E-state index in [9.17, 15) is 4.79 Å². The monoisotopic (exact) mass is 364 g/mol. The summed E-state index contributed by atoms with van der Waals surface area (Å²) in [6.07, 6.45) is 0. The number of benzene rings is 1. The third-order valence-electron chi connectivity index (χ3n) is 4.35. The van der Waals surface area contributed by atoms with Gasteiger partial charge in [0.2, 0.25) is 11.9 Å². The zero-order chi connectivity index (χ0) is 18.8. The van der Waals surface area contributed by atoms with Crippen LogP contribution in [0.4, 0.5) is 17.5 Å². The van der Waals surface area contributed by atoms with Gasteiger partial charge in [0.05, 0.1) is 24.4 Å². The number of aromatic nitrogens is 3. The van der Waals surface area contributed by atoms with Gasteiger partial charge in [-0.2, -0.15) is 4.98 Å². The van der Waals surface area contributed by atoms with E-state index in [1.807, 2.05) is 36.4 Å². The molecule has 2 aromatic heterocycles. The zero-order valence-electron chi connectivity index (χ0n) is 15.0. The van der Waals surface area contributed by atoms with Crippen molar-refractivity contribution in [1.29, 1.82) is 0 Å². The van der Waals surface area contributed by atoms with Crippen molar-refractivity contribution in [3.8, 4) is 11.3 Å². The fourth-order valence-corrected chi connectivity index (χ4v) is 3.10. The smallest absolute Gasteiger partial charge is 0.222 e. The average Bonchev–Trinajstić information content (AvgIpc) is 2.68. The highest BCUT2D eigenvalue weighted by Crippen LogP contribution is 2.27. The Hall–Kier alpha value is -3.26. The van der Waals surface area contributed by atoms with Gasteiger partial charge in [0.15, 0.2) is 5.82 Å². The molecule has 1 fully saturated rings. The molecule has 1 aliphatic rings. The van der Waals surface area contributed by atoms with Gasteiger partial charge in [-0.3, -0.25) is 4.79 Å². The number of amides is 1. The molecule has 3 aromatic rings. The Morgan fingerprint density at radius 2 is 1.81 bits per heavy atom. The van der Waals surface area contributed by atoms with Crippen LogP contribution in [0.2, 0.25) is 0 Å². The molecule has 0 saturated carbocycles. The minimum Gasteiger partial charge on any atom is -0.378 e. The minimum absolute atomic E-state index is 0.100. The van der Waals surface area contributed by atoms with Gasteiger partial charge in [-0.15, -0.1) is 0 Å². The summed E-state index contributed by atoms with van der Waals surface area (Å²) in [7, 11) is 0. The molecule has 8 heteroatoms. The number of ether oxygens (including phenoxy) is 1. The van der Waals surface area contributed by atoms with Crippen LogP contribution >= 0.6 is 0 Å². The molecule has 0 spiro atoms. The van der Waals surface area contributed by atoms with E-state index in [4.69, 9.17) is 15.5 Å². The molecule has 0 atom stereocenters. The van der Waals surface area contributed by atoms with E-state index in [1.54, 1.807) is 0 Å². The van der Waals surface area contributed by atoms with Crippen LogP contribution in [0.15, 0.2) is 36.4 Å². The number of fused-ring (bicyclic) bond motifs is 1. The molecule has 1 aliphatic heterocycles. The third-order valence-corrected chi connectivity index (χ3v) is 4.35. The van der Waals surface area contributed by atoms with Crippen LogP contribution in [0.3, 0.4) is 0 Å². The van der Waals surface area contributed by atoms with E-state index in [-0.39, 0.29) is 11.9 Å². The summed E-state index contributed by atoms with van der Waals surface area (Å²) in [5.74, 6) is 0.868. The van der Waals surface area contributed by atoms with Crippen LogP contribution < -0.4 is 16.0 Å². The van der Waals surface area contributed by atoms with E-state index in [0.717, 1.165) is 41.4 Å². The van der Waals surface area contributed by atoms with Crippen molar-refractivity contribution in [1.82, 2.24) is 15.0 Å². The summed E-state index contributed by atoms with van der Waals surface area (Å²) in [4.78, 5) is 26.8. The highest BCUT2D eigenvalue weighted by Gasteiger charge is 2.18. The van der Waals surface area contributed by atoms with Crippen molar-refractivity contribution in [2.45, 2.75) is 6.92 Å². The Labute approximate surface area is 156 Å². The fraction of sp³-hybridized carbons (Fsp3) is 0.263. The van der Waals surface area contributed by atoms with Gasteiger partial charge < -0.3 is 20.7 Å². The van der Waals surface area contributed by atoms with E-state index < -0.39 is 0 Å². The Bertz CT molecular complexity index is 983. The van der Waals surface area contributed by atoms with Gasteiger partial charge in [-0.25, -0.2) is 9.97 Å². The van der Waals surface area contributed by atoms with Crippen molar-refractivity contribution in [3.05, 3.63) is 36.4 Å². The molecule has 1 saturated heterocycles. The number of nitrogens with zero attached hydrogens (tertiary/aromatic N) is 4. The largest absolute Gasteiger partial charge is 0.378 e. The van der Waals surface area contributed by atoms with Crippen LogP contribution in [0.5, 0.6) is 0 Å². The normalized spacial score (nSPS) is 14.3. The van der Waals surface area contributed by atoms with Gasteiger partial charge in [0.1, 0.15) is 5.52 Å². The SMILES string of the molecule is CC(=O)Nc1ccc(-c2ccc3nc(N)nc(N4CCOCC4)c3n2)cc1. The third kappa shape index (κ3) is 3.65. The lowest BCUT2D eigenvalue weighted by atomic mass is 10.1. The Morgan fingerprint density at radius 1 is 1.07 bits per heavy atom. The summed E-state index contributed by atoms with van der Waals surface area (Å²) >= 11 is 0. The van der Waals surface area contributed by atoms with Crippen LogP contribution in [-0.4, -0.2) is 47.2 Å². The molecule has 1 aromatic carbocycles. The zero-order valence-corrected chi connectivity index (χ0v) is 15.0. The van der Waals surface area contributed by atoms with Crippen molar-refractivity contribution in [2.75, 3.05) is 42.3 Å². The van der Waals surface area contributed by atoms with E-state index in [0.29, 0.717) is 18.7 Å². The first-order chi connectivity index (χ1) is 13.1. The number of nitrogen functional groups attached to an aromatic ring is 1. The van der Waals surface area contributed by atoms with Crippen molar-refractivity contribution in [2.24, 2.45) is 0 Å². The number of nitrogens with two attached hydrogens (primary N) is 1. The molecule has 8 nitrogen and oxygen atoms in total. The van der Waals surface area contributed by atoms with Crippen molar-refractivity contribution < 1.29 is 9.53 Å². The first-order valence-corrected chi connectivity index (χ1v) is 8.75. The number of hydrogen-bond donors (Lipinski definition) is 2. The van der Waals surface area contributed by atoms with Crippen molar-refractivity contribution >= 4 is 34.4 Å². The molecular formula is C19H20N6O2. The maximum absolute atomic E-state index is 11.2. The van der Waals surface area contributed by atoms with Crippen LogP contribution in [-0.2, 0) is 9.53 Å². The van der Waals surface area contributed by atoms with E-state index in [1.165, 1.54) is 6.92 Å². The lowest BCUT2D eigenvalue weighted by molar-refractivity contribution is -0.114. The van der Waals surface area contributed by atoms with Gasteiger partial charge in [-0.1, -0.05) is 12.1 Å². The lowest BCUT2D eigenvalue weighted by Crippen LogP contribution is -2.37. The van der Waals surface area contributed by atoms with Crippen molar-refractivity contribution in [3.63, 3.8) is 0 Å². The molecule has 0 aliphatic carbocycles. The maximum Gasteiger partial charge on any atom is 0.222 e. The second kappa shape index (κ2) is 7.16. The van der Waals surface area contributed by atoms with Gasteiger partial charge in [-0.05, 0) is 24.3 Å². The second-order valence-electron chi connectivity index (χ2n) is 6.33. The molecule has 138 valence electrons. The lowest BCUT2D eigenvalue weighted by Gasteiger charge is -2.28. The fourth-order valence-electron chi connectivity index (χ4n) is 3.10. The predicted molar refractivity (Wildman–Crippen MR) is 105 cm³/mol. The number of carbonyl (C=O) groups is 1. The Kier molecular flexibility index (Phi) is 4.55. The molecule has 0 radical (unpaired) electrons. The maximum atomic E-state index is 11.2. The minimum atomic E-state index is -0.100. The number of hydrogen-bond acceptors (Lipinski definition) is 7. The molecule has 0 bridgehead atoms. The Balaban J connectivity index is 1.74. The van der Waals surface area contributed by atoms with E-state index >= 15 is 0 Å². The topological polar surface area (TPSA) is 106 Å². The number of pyridine rings is 1. The van der Waals surface area contributed by atoms with Gasteiger partial charge in [0.25, 0.3) is 0 Å². The highest BCUT2D eigenvalue weighted by molar-refractivity contribution is 5.90. The standard InChI is InChI=1S/C19H20N6O2/c1-12(26)21-14-4-2-13(3-5-14)15-6-7-16-17(22-15)18(24-19(20)23-16)25-8-10-27-11-9-25/h2-7H,8-11H2,1H3,(H,21,26)(H2,20,23,24). The van der Waals surface area contributed by atoms with E-state index in [2.05, 4.69) is 20.2 Å². The summed E-state index contributed by atoms with van der Waals surface area (Å²) in [5, 5.41) is 2.76. The van der Waals surface area contributed by atoms with Crippen LogP contribution in [0, 0.1) is 0 Å². The summed E-state index contributed by atoms with van der Waals surface area (Å²) < 4.78 is 5.43. The molecular weight excluding hydrogens is 344 g/mol. The number of anilines is 3. The molecule has 1 amide bonds. The van der Waals surface area contributed by atoms with Crippen LogP contribution in [0.25, 0.3) is 22.3 Å². The second-order valence-corrected chi connectivity index (χ2v) is 6.33. The summed E-state index contributed by atoms with van der Waals surface area (Å²) in [6, 6.07) is 11.4. The molecule has 0 unspecified atom stereocenters. The summed E-state index contributed by atoms with van der Waals surface area (Å²) in [6.45, 7) is 4.26. The quantitative estimate of drug-likeness (QED) is 0.733. The van der Waals surface area contributed by atoms with Gasteiger partial charge in [0, 0.05) is 31.3 Å². The average molecular weight is 364 g/mol. The van der Waals surface area contributed by atoms with Crippen LogP contribution in [0.1, 0.15) is 6.92 Å². The number of morpholine rings is 1. The molecule has 3 heterocycles. The first kappa shape index (κ1) is 17.2. The number of rotatable bonds is 3. The van der Waals surface area contributed by atoms with Gasteiger partial charge >= 0.3 is 0 Å². The number of carbonyl (C=O) groups excluding carboxylic acids is 1. The predicted octanol–water partition coefficient (Wildman–Crippen LogP) is 2.07. The first-order valence-electron chi connectivity index (χ1n) is 8.75. The Morgan fingerprint density at radius 3 is 2.52 bits per heavy atom. The highest BCUT2D eigenvalue weighted by atomic mass is 16.5. The summed E-state index contributed by atoms with van der Waals surface area (Å²) in [5.41, 5.74) is 9.82.